The number of benzene rings is 3. The summed E-state index contributed by atoms with van der Waals surface area (Å²) < 4.78 is 0. The predicted molar refractivity (Wildman–Crippen MR) is 104 cm³/mol. The monoisotopic (exact) mass is 322 g/mol. The highest BCUT2D eigenvalue weighted by Gasteiger charge is 1.83. The van der Waals surface area contributed by atoms with Gasteiger partial charge in [0.25, 0.3) is 0 Å². The Labute approximate surface area is 144 Å². The van der Waals surface area contributed by atoms with Crippen LogP contribution in [0.2, 0.25) is 0 Å². The van der Waals surface area contributed by atoms with Crippen molar-refractivity contribution in [1.82, 2.24) is 0 Å². The SMILES string of the molecule is Cc1ccc(N)cc1.Cc1ccc(N)cc1.Cc1cccc(O)c1. The maximum absolute atomic E-state index is 8.81. The van der Waals surface area contributed by atoms with Crippen LogP contribution in [0.1, 0.15) is 16.7 Å². The molecule has 0 unspecified atom stereocenters. The highest BCUT2D eigenvalue weighted by Crippen LogP contribution is 2.08. The summed E-state index contributed by atoms with van der Waals surface area (Å²) in [6, 6.07) is 22.7. The molecule has 3 rings (SSSR count). The number of phenols is 1. The minimum absolute atomic E-state index is 0.338. The van der Waals surface area contributed by atoms with E-state index in [2.05, 4.69) is 0 Å². The van der Waals surface area contributed by atoms with Crippen LogP contribution >= 0.6 is 0 Å². The summed E-state index contributed by atoms with van der Waals surface area (Å²) in [5.74, 6) is 0.338. The number of hydrogen-bond acceptors (Lipinski definition) is 3. The van der Waals surface area contributed by atoms with E-state index in [1.54, 1.807) is 12.1 Å². The third-order valence-electron chi connectivity index (χ3n) is 3.16. The molecule has 5 N–H and O–H groups in total. The van der Waals surface area contributed by atoms with Crippen molar-refractivity contribution in [2.24, 2.45) is 0 Å². The van der Waals surface area contributed by atoms with Gasteiger partial charge >= 0.3 is 0 Å². The summed E-state index contributed by atoms with van der Waals surface area (Å²) in [6.45, 7) is 6.03. The highest BCUT2D eigenvalue weighted by molar-refractivity contribution is 5.39. The van der Waals surface area contributed by atoms with E-state index >= 15 is 0 Å². The second-order valence-electron chi connectivity index (χ2n) is 5.66. The topological polar surface area (TPSA) is 72.3 Å². The van der Waals surface area contributed by atoms with Gasteiger partial charge in [0.1, 0.15) is 5.75 Å². The molecule has 3 aromatic carbocycles. The molecule has 0 aliphatic carbocycles. The van der Waals surface area contributed by atoms with Crippen LogP contribution in [0.4, 0.5) is 11.4 Å². The first-order valence-corrected chi connectivity index (χ1v) is 7.77. The van der Waals surface area contributed by atoms with Crippen LogP contribution in [0.15, 0.2) is 72.8 Å². The number of aryl methyl sites for hydroxylation is 3. The van der Waals surface area contributed by atoms with E-state index in [4.69, 9.17) is 16.6 Å². The standard InChI is InChI=1S/2C7H9N.C7H8O/c2*1-6-2-4-7(8)5-3-6;1-6-3-2-4-7(8)5-6/h2*2-5H,8H2,1H3;2-5,8H,1H3. The van der Waals surface area contributed by atoms with Gasteiger partial charge in [0, 0.05) is 11.4 Å². The molecule has 0 amide bonds. The van der Waals surface area contributed by atoms with Crippen molar-refractivity contribution in [3.05, 3.63) is 89.5 Å². The Hall–Kier alpha value is -2.94. The van der Waals surface area contributed by atoms with Crippen molar-refractivity contribution in [3.8, 4) is 5.75 Å². The molecule has 0 aliphatic rings. The molecule has 0 fully saturated rings. The Bertz CT molecular complexity index is 617. The van der Waals surface area contributed by atoms with Gasteiger partial charge in [-0.25, -0.2) is 0 Å². The fourth-order valence-corrected chi connectivity index (χ4v) is 1.76. The van der Waals surface area contributed by atoms with Gasteiger partial charge in [0.2, 0.25) is 0 Å². The van der Waals surface area contributed by atoms with Crippen molar-refractivity contribution in [2.45, 2.75) is 20.8 Å². The van der Waals surface area contributed by atoms with Crippen LogP contribution in [-0.2, 0) is 0 Å². The van der Waals surface area contributed by atoms with Crippen molar-refractivity contribution < 1.29 is 5.11 Å². The normalized spacial score (nSPS) is 9.12. The van der Waals surface area contributed by atoms with E-state index in [1.807, 2.05) is 81.4 Å². The first-order chi connectivity index (χ1) is 11.4. The average molecular weight is 322 g/mol. The molecular weight excluding hydrogens is 296 g/mol. The summed E-state index contributed by atoms with van der Waals surface area (Å²) in [5, 5.41) is 8.81. The average Bonchev–Trinajstić information content (AvgIpc) is 2.54. The van der Waals surface area contributed by atoms with Gasteiger partial charge in [-0.05, 0) is 62.7 Å². The Kier molecular flexibility index (Phi) is 7.92. The first-order valence-electron chi connectivity index (χ1n) is 7.77. The number of phenolic OH excluding ortho intramolecular Hbond substituents is 1. The molecule has 0 atom stereocenters. The fourth-order valence-electron chi connectivity index (χ4n) is 1.76. The zero-order valence-electron chi connectivity index (χ0n) is 14.5. The van der Waals surface area contributed by atoms with Crippen LogP contribution in [0, 0.1) is 20.8 Å². The molecular formula is C21H26N2O. The van der Waals surface area contributed by atoms with E-state index in [1.165, 1.54) is 11.1 Å². The minimum Gasteiger partial charge on any atom is -0.508 e. The molecule has 126 valence electrons. The molecule has 0 aliphatic heterocycles. The molecule has 0 spiro atoms. The van der Waals surface area contributed by atoms with Crippen molar-refractivity contribution in [3.63, 3.8) is 0 Å². The Morgan fingerprint density at radius 1 is 0.583 bits per heavy atom. The van der Waals surface area contributed by atoms with Crippen LogP contribution in [0.3, 0.4) is 0 Å². The fraction of sp³-hybridized carbons (Fsp3) is 0.143. The maximum Gasteiger partial charge on any atom is 0.115 e. The van der Waals surface area contributed by atoms with Crippen molar-refractivity contribution in [1.29, 1.82) is 0 Å². The van der Waals surface area contributed by atoms with Crippen LogP contribution in [-0.4, -0.2) is 5.11 Å². The number of nitrogens with two attached hydrogens (primary N) is 2. The molecule has 3 nitrogen and oxygen atoms in total. The second-order valence-corrected chi connectivity index (χ2v) is 5.66. The molecule has 0 bridgehead atoms. The molecule has 0 radical (unpaired) electrons. The summed E-state index contributed by atoms with van der Waals surface area (Å²) in [7, 11) is 0. The Morgan fingerprint density at radius 2 is 1.00 bits per heavy atom. The smallest absolute Gasteiger partial charge is 0.115 e. The first kappa shape index (κ1) is 19.1. The van der Waals surface area contributed by atoms with E-state index < -0.39 is 0 Å². The molecule has 0 saturated heterocycles. The summed E-state index contributed by atoms with van der Waals surface area (Å²) in [6.07, 6.45) is 0. The lowest BCUT2D eigenvalue weighted by atomic mass is 10.2. The predicted octanol–water partition coefficient (Wildman–Crippen LogP) is 4.86. The van der Waals surface area contributed by atoms with Gasteiger partial charge in [-0.2, -0.15) is 0 Å². The third-order valence-corrected chi connectivity index (χ3v) is 3.16. The lowest BCUT2D eigenvalue weighted by Crippen LogP contribution is -1.81. The zero-order valence-corrected chi connectivity index (χ0v) is 14.5. The molecule has 24 heavy (non-hydrogen) atoms. The molecule has 3 aromatic rings. The van der Waals surface area contributed by atoms with Gasteiger partial charge in [0.05, 0.1) is 0 Å². The molecule has 0 saturated carbocycles. The lowest BCUT2D eigenvalue weighted by Gasteiger charge is -1.90. The van der Waals surface area contributed by atoms with Crippen LogP contribution in [0.5, 0.6) is 5.75 Å². The maximum atomic E-state index is 8.81. The minimum atomic E-state index is 0.338. The molecule has 0 aromatic heterocycles. The Balaban J connectivity index is 0.000000180. The number of nitrogen functional groups attached to an aromatic ring is 2. The second kappa shape index (κ2) is 9.95. The van der Waals surface area contributed by atoms with Crippen LogP contribution < -0.4 is 11.5 Å². The largest absolute Gasteiger partial charge is 0.508 e. The quantitative estimate of drug-likeness (QED) is 0.518. The van der Waals surface area contributed by atoms with E-state index in [9.17, 15) is 0 Å². The van der Waals surface area contributed by atoms with E-state index in [0.717, 1.165) is 16.9 Å². The summed E-state index contributed by atoms with van der Waals surface area (Å²) in [4.78, 5) is 0. The van der Waals surface area contributed by atoms with Crippen LogP contribution in [0.25, 0.3) is 0 Å². The van der Waals surface area contributed by atoms with Gasteiger partial charge in [0.15, 0.2) is 0 Å². The number of anilines is 2. The lowest BCUT2D eigenvalue weighted by molar-refractivity contribution is 0.475. The van der Waals surface area contributed by atoms with Gasteiger partial charge < -0.3 is 16.6 Å². The number of aromatic hydroxyl groups is 1. The van der Waals surface area contributed by atoms with Gasteiger partial charge in [-0.3, -0.25) is 0 Å². The van der Waals surface area contributed by atoms with Crippen molar-refractivity contribution >= 4 is 11.4 Å². The summed E-state index contributed by atoms with van der Waals surface area (Å²) >= 11 is 0. The van der Waals surface area contributed by atoms with E-state index in [0.29, 0.717) is 5.75 Å². The number of rotatable bonds is 0. The Morgan fingerprint density at radius 3 is 1.25 bits per heavy atom. The van der Waals surface area contributed by atoms with Crippen molar-refractivity contribution in [2.75, 3.05) is 11.5 Å². The van der Waals surface area contributed by atoms with Gasteiger partial charge in [-0.15, -0.1) is 0 Å². The molecule has 0 heterocycles. The zero-order chi connectivity index (χ0) is 17.9. The summed E-state index contributed by atoms with van der Waals surface area (Å²) in [5.41, 5.74) is 16.1. The highest BCUT2D eigenvalue weighted by atomic mass is 16.3. The molecule has 3 heteroatoms. The van der Waals surface area contributed by atoms with E-state index in [-0.39, 0.29) is 0 Å². The van der Waals surface area contributed by atoms with Gasteiger partial charge in [-0.1, -0.05) is 47.5 Å². The third kappa shape index (κ3) is 8.49. The number of hydrogen-bond donors (Lipinski definition) is 3.